The van der Waals surface area contributed by atoms with Crippen molar-refractivity contribution in [2.75, 3.05) is 0 Å². The number of aromatic carboxylic acids is 1. The van der Waals surface area contributed by atoms with Crippen LogP contribution in [-0.4, -0.2) is 17.0 Å². The van der Waals surface area contributed by atoms with Crippen LogP contribution in [0.15, 0.2) is 48.5 Å². The summed E-state index contributed by atoms with van der Waals surface area (Å²) in [4.78, 5) is 23.0. The zero-order chi connectivity index (χ0) is 16.4. The molecule has 23 heavy (non-hydrogen) atoms. The highest BCUT2D eigenvalue weighted by atomic mass is 16.4. The van der Waals surface area contributed by atoms with E-state index in [4.69, 9.17) is 5.11 Å². The Morgan fingerprint density at radius 2 is 1.83 bits per heavy atom. The summed E-state index contributed by atoms with van der Waals surface area (Å²) in [6.45, 7) is 2.50. The lowest BCUT2D eigenvalue weighted by Gasteiger charge is -2.07. The monoisotopic (exact) mass is 309 g/mol. The van der Waals surface area contributed by atoms with Gasteiger partial charge in [0.2, 0.25) is 5.91 Å². The van der Waals surface area contributed by atoms with Gasteiger partial charge in [-0.15, -0.1) is 0 Å². The number of carbonyl (C=O) groups is 2. The van der Waals surface area contributed by atoms with Crippen LogP contribution in [0.3, 0.4) is 0 Å². The first-order chi connectivity index (χ1) is 11.1. The van der Waals surface area contributed by atoms with Crippen molar-refractivity contribution in [2.45, 2.75) is 25.8 Å². The smallest absolute Gasteiger partial charge is 0.335 e. The summed E-state index contributed by atoms with van der Waals surface area (Å²) in [7, 11) is 0. The van der Waals surface area contributed by atoms with E-state index < -0.39 is 5.97 Å². The lowest BCUT2D eigenvalue weighted by atomic mass is 10.0. The van der Waals surface area contributed by atoms with Crippen LogP contribution in [0.25, 0.3) is 0 Å². The fourth-order valence-electron chi connectivity index (χ4n) is 2.92. The topological polar surface area (TPSA) is 66.4 Å². The van der Waals surface area contributed by atoms with Gasteiger partial charge in [0.15, 0.2) is 0 Å². The van der Waals surface area contributed by atoms with Crippen LogP contribution < -0.4 is 5.32 Å². The van der Waals surface area contributed by atoms with Gasteiger partial charge in [0.25, 0.3) is 0 Å². The van der Waals surface area contributed by atoms with Crippen LogP contribution >= 0.6 is 0 Å². The zero-order valence-corrected chi connectivity index (χ0v) is 13.0. The molecular weight excluding hydrogens is 290 g/mol. The Morgan fingerprint density at radius 3 is 2.48 bits per heavy atom. The largest absolute Gasteiger partial charge is 0.478 e. The van der Waals surface area contributed by atoms with Crippen molar-refractivity contribution in [1.29, 1.82) is 0 Å². The fraction of sp³-hybridized carbons (Fsp3) is 0.263. The molecule has 2 aromatic rings. The van der Waals surface area contributed by atoms with Crippen molar-refractivity contribution < 1.29 is 14.7 Å². The Bertz CT molecular complexity index is 737. The Morgan fingerprint density at radius 1 is 1.13 bits per heavy atom. The number of hydrogen-bond acceptors (Lipinski definition) is 2. The molecule has 3 rings (SSSR count). The summed E-state index contributed by atoms with van der Waals surface area (Å²) < 4.78 is 0. The molecular formula is C19H19NO3. The minimum Gasteiger partial charge on any atom is -0.478 e. The molecule has 1 saturated carbocycles. The van der Waals surface area contributed by atoms with Crippen molar-refractivity contribution in [3.8, 4) is 0 Å². The third kappa shape index (κ3) is 3.42. The number of benzene rings is 2. The second kappa shape index (κ2) is 6.24. The average molecular weight is 309 g/mol. The second-order valence-electron chi connectivity index (χ2n) is 6.03. The van der Waals surface area contributed by atoms with E-state index in [0.717, 1.165) is 12.0 Å². The molecule has 1 aliphatic rings. The Labute approximate surface area is 135 Å². The predicted molar refractivity (Wildman–Crippen MR) is 87.3 cm³/mol. The van der Waals surface area contributed by atoms with Crippen molar-refractivity contribution in [3.63, 3.8) is 0 Å². The van der Waals surface area contributed by atoms with Gasteiger partial charge in [-0.3, -0.25) is 4.79 Å². The number of rotatable bonds is 5. The van der Waals surface area contributed by atoms with E-state index in [9.17, 15) is 9.59 Å². The van der Waals surface area contributed by atoms with Crippen molar-refractivity contribution in [1.82, 2.24) is 5.32 Å². The highest BCUT2D eigenvalue weighted by molar-refractivity contribution is 5.87. The number of amides is 1. The van der Waals surface area contributed by atoms with Gasteiger partial charge in [0, 0.05) is 12.5 Å². The molecule has 0 aromatic heterocycles. The number of aryl methyl sites for hydroxylation is 1. The Hall–Kier alpha value is -2.62. The molecule has 0 saturated heterocycles. The van der Waals surface area contributed by atoms with Gasteiger partial charge in [-0.2, -0.15) is 0 Å². The van der Waals surface area contributed by atoms with Gasteiger partial charge in [-0.1, -0.05) is 36.4 Å². The third-order valence-electron chi connectivity index (χ3n) is 4.38. The van der Waals surface area contributed by atoms with E-state index in [1.165, 1.54) is 11.1 Å². The first-order valence-electron chi connectivity index (χ1n) is 7.71. The Balaban J connectivity index is 1.55. The molecule has 0 aliphatic heterocycles. The molecule has 1 fully saturated rings. The molecule has 0 spiro atoms. The van der Waals surface area contributed by atoms with E-state index in [0.29, 0.717) is 12.5 Å². The van der Waals surface area contributed by atoms with Crippen molar-refractivity contribution in [3.05, 3.63) is 70.8 Å². The standard InChI is InChI=1S/C19H19NO3/c1-12-4-2-3-5-15(12)16-10-17(16)18(21)20-11-13-6-8-14(9-7-13)19(22)23/h2-9,16-17H,10-11H2,1H3,(H,20,21)(H,22,23)/t16-,17+/m0/s1. The minimum absolute atomic E-state index is 0.0504. The van der Waals surface area contributed by atoms with Crippen LogP contribution in [0, 0.1) is 12.8 Å². The van der Waals surface area contributed by atoms with Crippen molar-refractivity contribution in [2.24, 2.45) is 5.92 Å². The molecule has 0 bridgehead atoms. The van der Waals surface area contributed by atoms with Crippen molar-refractivity contribution >= 4 is 11.9 Å². The lowest BCUT2D eigenvalue weighted by molar-refractivity contribution is -0.122. The molecule has 2 aromatic carbocycles. The first-order valence-corrected chi connectivity index (χ1v) is 7.71. The number of carboxylic acid groups (broad SMARTS) is 1. The summed E-state index contributed by atoms with van der Waals surface area (Å²) in [5.74, 6) is -0.500. The summed E-state index contributed by atoms with van der Waals surface area (Å²) in [6.07, 6.45) is 0.897. The van der Waals surface area contributed by atoms with E-state index >= 15 is 0 Å². The first kappa shape index (κ1) is 15.3. The number of nitrogens with one attached hydrogen (secondary N) is 1. The lowest BCUT2D eigenvalue weighted by Crippen LogP contribution is -2.24. The molecule has 1 amide bonds. The van der Waals surface area contributed by atoms with E-state index in [1.807, 2.05) is 12.1 Å². The normalized spacial score (nSPS) is 19.2. The molecule has 2 N–H and O–H groups in total. The number of hydrogen-bond donors (Lipinski definition) is 2. The molecule has 2 atom stereocenters. The molecule has 4 heteroatoms. The Kier molecular flexibility index (Phi) is 4.15. The summed E-state index contributed by atoms with van der Waals surface area (Å²) in [5.41, 5.74) is 3.65. The van der Waals surface area contributed by atoms with Crippen LogP contribution in [0.5, 0.6) is 0 Å². The van der Waals surface area contributed by atoms with E-state index in [2.05, 4.69) is 24.4 Å². The molecule has 4 nitrogen and oxygen atoms in total. The summed E-state index contributed by atoms with van der Waals surface area (Å²) in [5, 5.41) is 11.8. The fourth-order valence-corrected chi connectivity index (χ4v) is 2.92. The summed E-state index contributed by atoms with van der Waals surface area (Å²) >= 11 is 0. The minimum atomic E-state index is -0.945. The maximum atomic E-state index is 12.2. The van der Waals surface area contributed by atoms with Gasteiger partial charge in [0.05, 0.1) is 5.56 Å². The van der Waals surface area contributed by atoms with E-state index in [-0.39, 0.29) is 17.4 Å². The highest BCUT2D eigenvalue weighted by Crippen LogP contribution is 2.48. The van der Waals surface area contributed by atoms with Crippen LogP contribution in [-0.2, 0) is 11.3 Å². The van der Waals surface area contributed by atoms with Gasteiger partial charge in [0.1, 0.15) is 0 Å². The molecule has 0 radical (unpaired) electrons. The molecule has 0 unspecified atom stereocenters. The summed E-state index contributed by atoms with van der Waals surface area (Å²) in [6, 6.07) is 14.8. The van der Waals surface area contributed by atoms with Crippen LogP contribution in [0.1, 0.15) is 39.4 Å². The molecule has 1 aliphatic carbocycles. The quantitative estimate of drug-likeness (QED) is 0.892. The van der Waals surface area contributed by atoms with Gasteiger partial charge in [-0.25, -0.2) is 4.79 Å². The maximum Gasteiger partial charge on any atom is 0.335 e. The second-order valence-corrected chi connectivity index (χ2v) is 6.03. The van der Waals surface area contributed by atoms with Gasteiger partial charge in [-0.05, 0) is 48.1 Å². The van der Waals surface area contributed by atoms with Crippen LogP contribution in [0.4, 0.5) is 0 Å². The maximum absolute atomic E-state index is 12.2. The van der Waals surface area contributed by atoms with Crippen LogP contribution in [0.2, 0.25) is 0 Å². The zero-order valence-electron chi connectivity index (χ0n) is 13.0. The SMILES string of the molecule is Cc1ccccc1[C@@H]1C[C@H]1C(=O)NCc1ccc(C(=O)O)cc1. The number of carbonyl (C=O) groups excluding carboxylic acids is 1. The van der Waals surface area contributed by atoms with Gasteiger partial charge < -0.3 is 10.4 Å². The van der Waals surface area contributed by atoms with Gasteiger partial charge >= 0.3 is 5.97 Å². The average Bonchev–Trinajstić information content (AvgIpc) is 3.34. The molecule has 0 heterocycles. The molecule has 118 valence electrons. The van der Waals surface area contributed by atoms with E-state index in [1.54, 1.807) is 24.3 Å². The predicted octanol–water partition coefficient (Wildman–Crippen LogP) is 3.11. The highest BCUT2D eigenvalue weighted by Gasteiger charge is 2.44. The number of carboxylic acids is 1. The third-order valence-corrected chi connectivity index (χ3v) is 4.38.